The van der Waals surface area contributed by atoms with Crippen molar-refractivity contribution >= 4 is 0 Å². The Morgan fingerprint density at radius 1 is 1.47 bits per heavy atom. The maximum Gasteiger partial charge on any atom is 0.124 e. The molecule has 1 aromatic carbocycles. The van der Waals surface area contributed by atoms with Gasteiger partial charge in [-0.3, -0.25) is 0 Å². The molecular formula is C11H17NO3. The van der Waals surface area contributed by atoms with Gasteiger partial charge in [0.05, 0.1) is 13.2 Å². The molecule has 0 saturated heterocycles. The first-order valence-electron chi connectivity index (χ1n) is 4.85. The molecule has 4 N–H and O–H groups in total. The Labute approximate surface area is 89.3 Å². The van der Waals surface area contributed by atoms with Crippen LogP contribution in [0.25, 0.3) is 0 Å². The Bertz CT molecular complexity index is 339. The molecule has 1 unspecified atom stereocenters. The molecule has 1 rings (SSSR count). The van der Waals surface area contributed by atoms with Crippen molar-refractivity contribution < 1.29 is 14.9 Å². The highest BCUT2D eigenvalue weighted by atomic mass is 16.5. The van der Waals surface area contributed by atoms with Gasteiger partial charge in [-0.25, -0.2) is 0 Å². The molecule has 1 atom stereocenters. The average molecular weight is 211 g/mol. The molecule has 0 radical (unpaired) electrons. The molecule has 0 fully saturated rings. The van der Waals surface area contributed by atoms with E-state index in [2.05, 4.69) is 0 Å². The smallest absolute Gasteiger partial charge is 0.124 e. The van der Waals surface area contributed by atoms with Crippen LogP contribution in [-0.2, 0) is 0 Å². The largest absolute Gasteiger partial charge is 0.507 e. The number of phenols is 1. The molecule has 0 heterocycles. The summed E-state index contributed by atoms with van der Waals surface area (Å²) in [5, 5.41) is 19.5. The fourth-order valence-electron chi connectivity index (χ4n) is 1.46. The number of methoxy groups -OCH3 is 1. The molecule has 4 heteroatoms. The standard InChI is InChI=1S/C11H17NO3/c1-7-5-8(15-2)6-9(11(7)14)10(13)3-4-12/h5-6,10,13-14H,3-4,12H2,1-2H3. The number of rotatable bonds is 4. The minimum absolute atomic E-state index is 0.108. The molecule has 0 saturated carbocycles. The topological polar surface area (TPSA) is 75.7 Å². The number of aliphatic hydroxyl groups excluding tert-OH is 1. The second-order valence-corrected chi connectivity index (χ2v) is 3.48. The van der Waals surface area contributed by atoms with Crippen molar-refractivity contribution in [2.75, 3.05) is 13.7 Å². The Morgan fingerprint density at radius 2 is 2.13 bits per heavy atom. The molecule has 4 nitrogen and oxygen atoms in total. The van der Waals surface area contributed by atoms with Gasteiger partial charge in [0.1, 0.15) is 11.5 Å². The number of hydrogen-bond acceptors (Lipinski definition) is 4. The van der Waals surface area contributed by atoms with E-state index in [1.165, 1.54) is 0 Å². The van der Waals surface area contributed by atoms with Crippen molar-refractivity contribution in [1.82, 2.24) is 0 Å². The van der Waals surface area contributed by atoms with Gasteiger partial charge in [0.25, 0.3) is 0 Å². The van der Waals surface area contributed by atoms with Gasteiger partial charge in [-0.2, -0.15) is 0 Å². The van der Waals surface area contributed by atoms with Crippen LogP contribution >= 0.6 is 0 Å². The molecule has 0 spiro atoms. The van der Waals surface area contributed by atoms with Crippen LogP contribution in [0.3, 0.4) is 0 Å². The fourth-order valence-corrected chi connectivity index (χ4v) is 1.46. The summed E-state index contributed by atoms with van der Waals surface area (Å²) >= 11 is 0. The highest BCUT2D eigenvalue weighted by Crippen LogP contribution is 2.33. The first-order valence-corrected chi connectivity index (χ1v) is 4.85. The summed E-state index contributed by atoms with van der Waals surface area (Å²) in [6, 6.07) is 3.34. The van der Waals surface area contributed by atoms with Gasteiger partial charge in [0, 0.05) is 5.56 Å². The normalized spacial score (nSPS) is 12.5. The number of ether oxygens (including phenoxy) is 1. The number of benzene rings is 1. The minimum Gasteiger partial charge on any atom is -0.507 e. The van der Waals surface area contributed by atoms with E-state index >= 15 is 0 Å². The van der Waals surface area contributed by atoms with Crippen molar-refractivity contribution in [3.63, 3.8) is 0 Å². The second kappa shape index (κ2) is 5.00. The van der Waals surface area contributed by atoms with Crippen molar-refractivity contribution in [2.45, 2.75) is 19.4 Å². The molecule has 0 amide bonds. The van der Waals surface area contributed by atoms with Crippen LogP contribution in [0, 0.1) is 6.92 Å². The Morgan fingerprint density at radius 3 is 2.67 bits per heavy atom. The third-order valence-corrected chi connectivity index (χ3v) is 2.34. The molecule has 0 aliphatic carbocycles. The van der Waals surface area contributed by atoms with Gasteiger partial charge in [0.2, 0.25) is 0 Å². The van der Waals surface area contributed by atoms with E-state index in [0.717, 1.165) is 0 Å². The third-order valence-electron chi connectivity index (χ3n) is 2.34. The van der Waals surface area contributed by atoms with Gasteiger partial charge < -0.3 is 20.7 Å². The number of phenolic OH excluding ortho intramolecular Hbond substituents is 1. The van der Waals surface area contributed by atoms with Crippen LogP contribution in [0.4, 0.5) is 0 Å². The molecule has 0 bridgehead atoms. The lowest BCUT2D eigenvalue weighted by molar-refractivity contribution is 0.166. The highest BCUT2D eigenvalue weighted by molar-refractivity contribution is 5.46. The SMILES string of the molecule is COc1cc(C)c(O)c(C(O)CCN)c1. The zero-order valence-electron chi connectivity index (χ0n) is 9.03. The molecule has 0 aliphatic rings. The van der Waals surface area contributed by atoms with Gasteiger partial charge in [-0.15, -0.1) is 0 Å². The molecular weight excluding hydrogens is 194 g/mol. The Hall–Kier alpha value is -1.26. The predicted octanol–water partition coefficient (Wildman–Crippen LogP) is 1.09. The van der Waals surface area contributed by atoms with Crippen LogP contribution in [0.2, 0.25) is 0 Å². The molecule has 15 heavy (non-hydrogen) atoms. The molecule has 84 valence electrons. The van der Waals surface area contributed by atoms with Crippen molar-refractivity contribution in [1.29, 1.82) is 0 Å². The number of hydrogen-bond donors (Lipinski definition) is 3. The second-order valence-electron chi connectivity index (χ2n) is 3.48. The van der Waals surface area contributed by atoms with E-state index in [1.54, 1.807) is 26.2 Å². The molecule has 0 aromatic heterocycles. The number of aliphatic hydroxyl groups is 1. The van der Waals surface area contributed by atoms with Gasteiger partial charge in [-0.1, -0.05) is 0 Å². The Balaban J connectivity index is 3.09. The average Bonchev–Trinajstić information content (AvgIpc) is 2.22. The van der Waals surface area contributed by atoms with E-state index < -0.39 is 6.10 Å². The zero-order chi connectivity index (χ0) is 11.4. The van der Waals surface area contributed by atoms with Gasteiger partial charge in [0.15, 0.2) is 0 Å². The maximum absolute atomic E-state index is 9.76. The van der Waals surface area contributed by atoms with E-state index in [9.17, 15) is 10.2 Å². The highest BCUT2D eigenvalue weighted by Gasteiger charge is 2.14. The molecule has 0 aliphatic heterocycles. The summed E-state index contributed by atoms with van der Waals surface area (Å²) in [5.41, 5.74) is 6.50. The van der Waals surface area contributed by atoms with E-state index in [1.807, 2.05) is 0 Å². The molecule has 1 aromatic rings. The minimum atomic E-state index is -0.746. The lowest BCUT2D eigenvalue weighted by atomic mass is 10.0. The Kier molecular flexibility index (Phi) is 3.94. The summed E-state index contributed by atoms with van der Waals surface area (Å²) in [7, 11) is 1.55. The quantitative estimate of drug-likeness (QED) is 0.697. The lowest BCUT2D eigenvalue weighted by Crippen LogP contribution is -2.07. The van der Waals surface area contributed by atoms with Crippen LogP contribution in [-0.4, -0.2) is 23.9 Å². The summed E-state index contributed by atoms with van der Waals surface area (Å²) in [5.74, 6) is 0.730. The first-order chi connectivity index (χ1) is 7.10. The summed E-state index contributed by atoms with van der Waals surface area (Å²) < 4.78 is 5.07. The van der Waals surface area contributed by atoms with Crippen LogP contribution < -0.4 is 10.5 Å². The summed E-state index contributed by atoms with van der Waals surface area (Å²) in [6.45, 7) is 2.13. The van der Waals surface area contributed by atoms with Crippen LogP contribution in [0.1, 0.15) is 23.7 Å². The van der Waals surface area contributed by atoms with Gasteiger partial charge in [-0.05, 0) is 37.6 Å². The monoisotopic (exact) mass is 211 g/mol. The van der Waals surface area contributed by atoms with Crippen molar-refractivity contribution in [3.8, 4) is 11.5 Å². The number of aryl methyl sites for hydroxylation is 1. The van der Waals surface area contributed by atoms with E-state index in [4.69, 9.17) is 10.5 Å². The number of aromatic hydroxyl groups is 1. The third kappa shape index (κ3) is 2.61. The summed E-state index contributed by atoms with van der Waals surface area (Å²) in [4.78, 5) is 0. The summed E-state index contributed by atoms with van der Waals surface area (Å²) in [6.07, 6.45) is -0.330. The van der Waals surface area contributed by atoms with Crippen molar-refractivity contribution in [3.05, 3.63) is 23.3 Å². The number of nitrogens with two attached hydrogens (primary N) is 1. The van der Waals surface area contributed by atoms with Crippen molar-refractivity contribution in [2.24, 2.45) is 5.73 Å². The van der Waals surface area contributed by atoms with E-state index in [-0.39, 0.29) is 5.75 Å². The predicted molar refractivity (Wildman–Crippen MR) is 58.0 cm³/mol. The lowest BCUT2D eigenvalue weighted by Gasteiger charge is -2.14. The van der Waals surface area contributed by atoms with Gasteiger partial charge >= 0.3 is 0 Å². The fraction of sp³-hybridized carbons (Fsp3) is 0.455. The van der Waals surface area contributed by atoms with Crippen LogP contribution in [0.5, 0.6) is 11.5 Å². The first kappa shape index (κ1) is 11.8. The van der Waals surface area contributed by atoms with E-state index in [0.29, 0.717) is 29.8 Å². The zero-order valence-corrected chi connectivity index (χ0v) is 9.03. The van der Waals surface area contributed by atoms with Crippen LogP contribution in [0.15, 0.2) is 12.1 Å². The maximum atomic E-state index is 9.76.